The summed E-state index contributed by atoms with van der Waals surface area (Å²) in [6.45, 7) is -0.285. The number of carbonyl (C=O) groups is 2. The lowest BCUT2D eigenvalue weighted by Crippen LogP contribution is -2.40. The van der Waals surface area contributed by atoms with Crippen molar-refractivity contribution in [3.05, 3.63) is 29.8 Å². The van der Waals surface area contributed by atoms with Crippen LogP contribution in [-0.2, 0) is 9.59 Å². The monoisotopic (exact) mass is 290 g/mol. The minimum atomic E-state index is -1.45. The van der Waals surface area contributed by atoms with E-state index >= 15 is 0 Å². The van der Waals surface area contributed by atoms with Gasteiger partial charge in [0.05, 0.1) is 12.3 Å². The largest absolute Gasteiger partial charge is 0.381 e. The van der Waals surface area contributed by atoms with Gasteiger partial charge in [-0.15, -0.1) is 11.8 Å². The molecule has 0 spiro atoms. The topological polar surface area (TPSA) is 92.4 Å². The van der Waals surface area contributed by atoms with Crippen LogP contribution in [0.15, 0.2) is 23.1 Å². The maximum absolute atomic E-state index is 12.9. The van der Waals surface area contributed by atoms with Crippen molar-refractivity contribution in [2.24, 2.45) is 5.73 Å². The van der Waals surface area contributed by atoms with Gasteiger partial charge in [-0.2, -0.15) is 0 Å². The number of primary amides is 1. The van der Waals surface area contributed by atoms with E-state index in [0.29, 0.717) is 4.90 Å². The van der Waals surface area contributed by atoms with Crippen LogP contribution in [0.2, 0.25) is 0 Å². The van der Waals surface area contributed by atoms with Crippen LogP contribution >= 0.6 is 11.8 Å². The SMILES string of the molecule is NC(=O)C(O)CNC(=O)CSc1ccc(F)c(F)c1. The number of hydrogen-bond acceptors (Lipinski definition) is 4. The lowest BCUT2D eigenvalue weighted by molar-refractivity contribution is -0.126. The van der Waals surface area contributed by atoms with E-state index in [2.05, 4.69) is 5.32 Å². The van der Waals surface area contributed by atoms with Gasteiger partial charge in [0.25, 0.3) is 0 Å². The number of nitrogens with two attached hydrogens (primary N) is 1. The molecule has 0 saturated heterocycles. The second-order valence-electron chi connectivity index (χ2n) is 3.59. The number of amides is 2. The molecule has 0 heterocycles. The van der Waals surface area contributed by atoms with Crippen molar-refractivity contribution in [1.29, 1.82) is 0 Å². The predicted octanol–water partition coefficient (Wildman–Crippen LogP) is 0.0193. The first-order valence-corrected chi connectivity index (χ1v) is 6.20. The Morgan fingerprint density at radius 3 is 2.63 bits per heavy atom. The number of carbonyl (C=O) groups excluding carboxylic acids is 2. The molecule has 8 heteroatoms. The first kappa shape index (κ1) is 15.4. The number of aliphatic hydroxyl groups is 1. The highest BCUT2D eigenvalue weighted by molar-refractivity contribution is 8.00. The first-order chi connectivity index (χ1) is 8.90. The number of halogens is 2. The predicted molar refractivity (Wildman–Crippen MR) is 65.3 cm³/mol. The van der Waals surface area contributed by atoms with Crippen LogP contribution in [0.25, 0.3) is 0 Å². The standard InChI is InChI=1S/C11H12F2N2O3S/c12-7-2-1-6(3-8(7)13)19-5-10(17)15-4-9(16)11(14)18/h1-3,9,16H,4-5H2,(H2,14,18)(H,15,17). The lowest BCUT2D eigenvalue weighted by atomic mass is 10.3. The summed E-state index contributed by atoms with van der Waals surface area (Å²) in [6, 6.07) is 3.28. The second kappa shape index (κ2) is 7.05. The summed E-state index contributed by atoms with van der Waals surface area (Å²) < 4.78 is 25.5. The maximum atomic E-state index is 12.9. The molecule has 1 aromatic carbocycles. The molecule has 1 rings (SSSR count). The van der Waals surface area contributed by atoms with Gasteiger partial charge in [-0.1, -0.05) is 0 Å². The molecule has 0 radical (unpaired) electrons. The molecular weight excluding hydrogens is 278 g/mol. The third-order valence-corrected chi connectivity index (χ3v) is 3.08. The van der Waals surface area contributed by atoms with Crippen LogP contribution in [0.3, 0.4) is 0 Å². The van der Waals surface area contributed by atoms with Crippen LogP contribution in [0.1, 0.15) is 0 Å². The first-order valence-electron chi connectivity index (χ1n) is 5.22. The van der Waals surface area contributed by atoms with Crippen molar-refractivity contribution in [1.82, 2.24) is 5.32 Å². The Labute approximate surface area is 112 Å². The fourth-order valence-electron chi connectivity index (χ4n) is 1.08. The Hall–Kier alpha value is -1.67. The Morgan fingerprint density at radius 2 is 2.05 bits per heavy atom. The average molecular weight is 290 g/mol. The minimum absolute atomic E-state index is 0.0590. The molecule has 0 aromatic heterocycles. The molecule has 0 aliphatic heterocycles. The molecule has 1 aromatic rings. The van der Waals surface area contributed by atoms with Gasteiger partial charge in [-0.05, 0) is 18.2 Å². The van der Waals surface area contributed by atoms with E-state index in [-0.39, 0.29) is 12.3 Å². The van der Waals surface area contributed by atoms with Gasteiger partial charge < -0.3 is 16.2 Å². The average Bonchev–Trinajstić information content (AvgIpc) is 2.37. The highest BCUT2D eigenvalue weighted by atomic mass is 32.2. The molecule has 1 unspecified atom stereocenters. The number of benzene rings is 1. The van der Waals surface area contributed by atoms with E-state index in [4.69, 9.17) is 10.8 Å². The van der Waals surface area contributed by atoms with Crippen molar-refractivity contribution in [3.8, 4) is 0 Å². The van der Waals surface area contributed by atoms with Crippen LogP contribution in [0, 0.1) is 11.6 Å². The normalized spacial score (nSPS) is 11.9. The van der Waals surface area contributed by atoms with E-state index in [0.717, 1.165) is 23.9 Å². The summed E-state index contributed by atoms with van der Waals surface area (Å²) in [5.41, 5.74) is 4.80. The molecule has 0 saturated carbocycles. The van der Waals surface area contributed by atoms with Crippen molar-refractivity contribution in [2.75, 3.05) is 12.3 Å². The van der Waals surface area contributed by atoms with Crippen molar-refractivity contribution in [2.45, 2.75) is 11.0 Å². The molecule has 0 aliphatic carbocycles. The minimum Gasteiger partial charge on any atom is -0.381 e. The van der Waals surface area contributed by atoms with Gasteiger partial charge in [0, 0.05) is 4.90 Å². The number of aliphatic hydroxyl groups excluding tert-OH is 1. The zero-order chi connectivity index (χ0) is 14.4. The highest BCUT2D eigenvalue weighted by Crippen LogP contribution is 2.19. The van der Waals surface area contributed by atoms with Gasteiger partial charge in [-0.3, -0.25) is 9.59 Å². The Kier molecular flexibility index (Phi) is 5.71. The van der Waals surface area contributed by atoms with Crippen LogP contribution in [0.5, 0.6) is 0 Å². The zero-order valence-electron chi connectivity index (χ0n) is 9.73. The van der Waals surface area contributed by atoms with Gasteiger partial charge in [-0.25, -0.2) is 8.78 Å². The highest BCUT2D eigenvalue weighted by Gasteiger charge is 2.12. The molecule has 0 fully saturated rings. The number of thioether (sulfide) groups is 1. The summed E-state index contributed by atoms with van der Waals surface area (Å²) in [5.74, 6) is -3.41. The molecule has 1 atom stereocenters. The number of hydrogen-bond donors (Lipinski definition) is 3. The maximum Gasteiger partial charge on any atom is 0.248 e. The summed E-state index contributed by atoms with van der Waals surface area (Å²) >= 11 is 0.995. The number of rotatable bonds is 6. The second-order valence-corrected chi connectivity index (χ2v) is 4.64. The molecule has 4 N–H and O–H groups in total. The molecule has 0 bridgehead atoms. The molecular formula is C11H12F2N2O3S. The van der Waals surface area contributed by atoms with Gasteiger partial charge in [0.2, 0.25) is 11.8 Å². The van der Waals surface area contributed by atoms with E-state index < -0.39 is 29.6 Å². The Morgan fingerprint density at radius 1 is 1.37 bits per heavy atom. The quantitative estimate of drug-likeness (QED) is 0.644. The smallest absolute Gasteiger partial charge is 0.248 e. The lowest BCUT2D eigenvalue weighted by Gasteiger charge is -2.08. The van der Waals surface area contributed by atoms with E-state index in [1.54, 1.807) is 0 Å². The Bertz CT molecular complexity index is 485. The van der Waals surface area contributed by atoms with Gasteiger partial charge in [0.1, 0.15) is 6.10 Å². The summed E-state index contributed by atoms with van der Waals surface area (Å²) in [7, 11) is 0. The summed E-state index contributed by atoms with van der Waals surface area (Å²) in [5, 5.41) is 11.3. The summed E-state index contributed by atoms with van der Waals surface area (Å²) in [6.07, 6.45) is -1.45. The molecule has 19 heavy (non-hydrogen) atoms. The molecule has 0 aliphatic rings. The molecule has 2 amide bonds. The van der Waals surface area contributed by atoms with E-state index in [9.17, 15) is 18.4 Å². The van der Waals surface area contributed by atoms with Crippen LogP contribution in [0.4, 0.5) is 8.78 Å². The third-order valence-electron chi connectivity index (χ3n) is 2.08. The van der Waals surface area contributed by atoms with Crippen molar-refractivity contribution >= 4 is 23.6 Å². The van der Waals surface area contributed by atoms with Gasteiger partial charge >= 0.3 is 0 Å². The Balaban J connectivity index is 2.37. The van der Waals surface area contributed by atoms with E-state index in [1.807, 2.05) is 0 Å². The van der Waals surface area contributed by atoms with E-state index in [1.165, 1.54) is 6.07 Å². The summed E-state index contributed by atoms with van der Waals surface area (Å²) in [4.78, 5) is 22.2. The van der Waals surface area contributed by atoms with Crippen molar-refractivity contribution in [3.63, 3.8) is 0 Å². The van der Waals surface area contributed by atoms with Crippen molar-refractivity contribution < 1.29 is 23.5 Å². The third kappa shape index (κ3) is 5.23. The number of nitrogens with one attached hydrogen (secondary N) is 1. The molecule has 5 nitrogen and oxygen atoms in total. The van der Waals surface area contributed by atoms with Crippen LogP contribution < -0.4 is 11.1 Å². The molecule has 104 valence electrons. The van der Waals surface area contributed by atoms with Crippen LogP contribution in [-0.4, -0.2) is 35.3 Å². The zero-order valence-corrected chi connectivity index (χ0v) is 10.5. The fraction of sp³-hybridized carbons (Fsp3) is 0.273. The fourth-order valence-corrected chi connectivity index (χ4v) is 1.83. The van der Waals surface area contributed by atoms with Gasteiger partial charge in [0.15, 0.2) is 11.6 Å².